The zero-order chi connectivity index (χ0) is 15.4. The van der Waals surface area contributed by atoms with Gasteiger partial charge in [0.1, 0.15) is 0 Å². The number of nitrogens with one attached hydrogen (secondary N) is 1. The van der Waals surface area contributed by atoms with Gasteiger partial charge in [0.25, 0.3) is 0 Å². The summed E-state index contributed by atoms with van der Waals surface area (Å²) in [5.41, 5.74) is 3.90. The Morgan fingerprint density at radius 1 is 1.41 bits per heavy atom. The second-order valence-corrected chi connectivity index (χ2v) is 7.02. The Bertz CT molecular complexity index is 734. The lowest BCUT2D eigenvalue weighted by Gasteiger charge is -2.48. The minimum absolute atomic E-state index is 0.264. The molecule has 2 aliphatic rings. The predicted molar refractivity (Wildman–Crippen MR) is 86.1 cm³/mol. The summed E-state index contributed by atoms with van der Waals surface area (Å²) in [5, 5.41) is 10.9. The number of rotatable bonds is 2. The molecule has 2 aromatic rings. The summed E-state index contributed by atoms with van der Waals surface area (Å²) in [4.78, 5) is 17.4. The van der Waals surface area contributed by atoms with Crippen molar-refractivity contribution in [1.29, 1.82) is 0 Å². The Kier molecular flexibility index (Phi) is 3.05. The van der Waals surface area contributed by atoms with Gasteiger partial charge in [0.15, 0.2) is 0 Å². The molecule has 22 heavy (non-hydrogen) atoms. The van der Waals surface area contributed by atoms with Crippen LogP contribution in [0.15, 0.2) is 24.4 Å². The van der Waals surface area contributed by atoms with E-state index in [4.69, 9.17) is 0 Å². The molecule has 0 spiro atoms. The molecule has 1 aromatic carbocycles. The smallest absolute Gasteiger partial charge is 0.307 e. The molecule has 1 aliphatic carbocycles. The highest BCUT2D eigenvalue weighted by Crippen LogP contribution is 2.45. The van der Waals surface area contributed by atoms with E-state index < -0.39 is 5.97 Å². The molecule has 1 saturated heterocycles. The molecule has 0 saturated carbocycles. The minimum atomic E-state index is -0.656. The number of carboxylic acids is 1. The number of piperidine rings is 1. The van der Waals surface area contributed by atoms with Crippen molar-refractivity contribution in [3.05, 3.63) is 35.5 Å². The lowest BCUT2D eigenvalue weighted by Crippen LogP contribution is -2.54. The van der Waals surface area contributed by atoms with Gasteiger partial charge >= 0.3 is 5.97 Å². The highest BCUT2D eigenvalue weighted by molar-refractivity contribution is 5.88. The third-order valence-electron chi connectivity index (χ3n) is 5.52. The summed E-state index contributed by atoms with van der Waals surface area (Å²) in [6.45, 7) is 5.02. The van der Waals surface area contributed by atoms with Crippen molar-refractivity contribution in [2.24, 2.45) is 5.92 Å². The van der Waals surface area contributed by atoms with Gasteiger partial charge < -0.3 is 10.1 Å². The summed E-state index contributed by atoms with van der Waals surface area (Å²) in [5.74, 6) is -0.597. The van der Waals surface area contributed by atoms with Crippen LogP contribution in [0.4, 0.5) is 0 Å². The lowest BCUT2D eigenvalue weighted by atomic mass is 9.72. The Labute approximate surface area is 130 Å². The molecule has 0 radical (unpaired) electrons. The first kappa shape index (κ1) is 13.8. The number of aliphatic carboxylic acids is 1. The average molecular weight is 298 g/mol. The van der Waals surface area contributed by atoms with Crippen molar-refractivity contribution in [2.75, 3.05) is 6.54 Å². The molecule has 116 valence electrons. The minimum Gasteiger partial charge on any atom is -0.481 e. The molecular weight excluding hydrogens is 276 g/mol. The number of carboxylic acid groups (broad SMARTS) is 1. The van der Waals surface area contributed by atoms with Gasteiger partial charge in [0.05, 0.1) is 5.92 Å². The molecule has 2 N–H and O–H groups in total. The number of aromatic nitrogens is 1. The van der Waals surface area contributed by atoms with Crippen LogP contribution < -0.4 is 0 Å². The van der Waals surface area contributed by atoms with E-state index in [1.807, 2.05) is 0 Å². The zero-order valence-electron chi connectivity index (χ0n) is 13.0. The van der Waals surface area contributed by atoms with E-state index in [1.165, 1.54) is 22.0 Å². The van der Waals surface area contributed by atoms with Crippen LogP contribution in [0.1, 0.15) is 37.3 Å². The number of H-pyrrole nitrogens is 1. The van der Waals surface area contributed by atoms with Crippen molar-refractivity contribution >= 4 is 16.9 Å². The van der Waals surface area contributed by atoms with Crippen LogP contribution in [0, 0.1) is 5.92 Å². The molecule has 1 fully saturated rings. The maximum Gasteiger partial charge on any atom is 0.307 e. The first-order valence-electron chi connectivity index (χ1n) is 8.13. The summed E-state index contributed by atoms with van der Waals surface area (Å²) in [7, 11) is 0. The maximum atomic E-state index is 11.6. The average Bonchev–Trinajstić information content (AvgIpc) is 2.91. The highest BCUT2D eigenvalue weighted by Gasteiger charge is 2.43. The molecule has 1 aliphatic heterocycles. The van der Waals surface area contributed by atoms with Gasteiger partial charge in [-0.2, -0.15) is 0 Å². The van der Waals surface area contributed by atoms with Gasteiger partial charge in [0.2, 0.25) is 0 Å². The van der Waals surface area contributed by atoms with Crippen LogP contribution in [0.2, 0.25) is 0 Å². The molecule has 0 bridgehead atoms. The summed E-state index contributed by atoms with van der Waals surface area (Å²) in [6, 6.07) is 7.18. The molecule has 1 aromatic heterocycles. The first-order valence-corrected chi connectivity index (χ1v) is 8.13. The van der Waals surface area contributed by atoms with E-state index in [9.17, 15) is 9.90 Å². The molecule has 1 unspecified atom stereocenters. The van der Waals surface area contributed by atoms with Crippen LogP contribution in [0.25, 0.3) is 10.9 Å². The van der Waals surface area contributed by atoms with E-state index >= 15 is 0 Å². The quantitative estimate of drug-likeness (QED) is 0.896. The van der Waals surface area contributed by atoms with Crippen LogP contribution in [-0.2, 0) is 11.2 Å². The number of carbonyl (C=O) groups is 1. The zero-order valence-corrected chi connectivity index (χ0v) is 13.0. The van der Waals surface area contributed by atoms with Crippen LogP contribution >= 0.6 is 0 Å². The topological polar surface area (TPSA) is 56.3 Å². The maximum absolute atomic E-state index is 11.6. The third kappa shape index (κ3) is 1.90. The number of nitrogens with zero attached hydrogens (tertiary/aromatic N) is 1. The number of fused-ring (bicyclic) bond motifs is 2. The fourth-order valence-corrected chi connectivity index (χ4v) is 4.51. The molecule has 2 heterocycles. The van der Waals surface area contributed by atoms with Gasteiger partial charge in [-0.25, -0.2) is 0 Å². The largest absolute Gasteiger partial charge is 0.481 e. The standard InChI is InChI=1S/C18H22N2O2/c1-10(2)20-9-12(18(21)22)6-14-13-4-3-5-15-17(13)11(8-19-15)7-16(14)20/h3-5,8,10,12,14,16,19H,6-7,9H2,1-2H3,(H,21,22)/t12-,14?,16-/m1/s1. The summed E-state index contributed by atoms with van der Waals surface area (Å²) >= 11 is 0. The number of aromatic amines is 1. The summed E-state index contributed by atoms with van der Waals surface area (Å²) < 4.78 is 0. The van der Waals surface area contributed by atoms with Crippen LogP contribution in [0.3, 0.4) is 0 Å². The van der Waals surface area contributed by atoms with E-state index in [0.717, 1.165) is 12.8 Å². The Hall–Kier alpha value is -1.81. The predicted octanol–water partition coefficient (Wildman–Crippen LogP) is 2.99. The van der Waals surface area contributed by atoms with Gasteiger partial charge in [-0.1, -0.05) is 12.1 Å². The fourth-order valence-electron chi connectivity index (χ4n) is 4.51. The van der Waals surface area contributed by atoms with Gasteiger partial charge in [-0.3, -0.25) is 9.69 Å². The normalized spacial score (nSPS) is 28.0. The number of benzene rings is 1. The first-order chi connectivity index (χ1) is 10.6. The van der Waals surface area contributed by atoms with E-state index in [0.29, 0.717) is 24.5 Å². The number of hydrogen-bond acceptors (Lipinski definition) is 2. The van der Waals surface area contributed by atoms with Gasteiger partial charge in [-0.15, -0.1) is 0 Å². The Morgan fingerprint density at radius 3 is 2.95 bits per heavy atom. The fraction of sp³-hybridized carbons (Fsp3) is 0.500. The van der Waals surface area contributed by atoms with Gasteiger partial charge in [-0.05, 0) is 43.9 Å². The molecule has 0 amide bonds. The van der Waals surface area contributed by atoms with Crippen molar-refractivity contribution in [1.82, 2.24) is 9.88 Å². The Balaban J connectivity index is 1.84. The van der Waals surface area contributed by atoms with E-state index in [1.54, 1.807) is 0 Å². The molecular formula is C18H22N2O2. The molecule has 4 rings (SSSR count). The second kappa shape index (κ2) is 4.85. The molecule has 4 nitrogen and oxygen atoms in total. The SMILES string of the molecule is CC(C)N1C[C@H](C(=O)O)CC2c3cccc4[nH]cc(c34)C[C@H]21. The molecule has 3 atom stereocenters. The Morgan fingerprint density at radius 2 is 2.23 bits per heavy atom. The van der Waals surface area contributed by atoms with Crippen molar-refractivity contribution in [2.45, 2.75) is 44.7 Å². The number of likely N-dealkylation sites (tertiary alicyclic amines) is 1. The van der Waals surface area contributed by atoms with Crippen molar-refractivity contribution < 1.29 is 9.90 Å². The van der Waals surface area contributed by atoms with Crippen LogP contribution in [0.5, 0.6) is 0 Å². The monoisotopic (exact) mass is 298 g/mol. The van der Waals surface area contributed by atoms with Crippen molar-refractivity contribution in [3.8, 4) is 0 Å². The third-order valence-corrected chi connectivity index (χ3v) is 5.52. The highest BCUT2D eigenvalue weighted by atomic mass is 16.4. The van der Waals surface area contributed by atoms with E-state index in [2.05, 4.69) is 48.1 Å². The van der Waals surface area contributed by atoms with Gasteiger partial charge in [0, 0.05) is 41.6 Å². The molecule has 4 heteroatoms. The number of hydrogen-bond donors (Lipinski definition) is 2. The lowest BCUT2D eigenvalue weighted by molar-refractivity contribution is -0.145. The van der Waals surface area contributed by atoms with Crippen molar-refractivity contribution in [3.63, 3.8) is 0 Å². The van der Waals surface area contributed by atoms with E-state index in [-0.39, 0.29) is 5.92 Å². The van der Waals surface area contributed by atoms with Crippen LogP contribution in [-0.4, -0.2) is 39.6 Å². The summed E-state index contributed by atoms with van der Waals surface area (Å²) in [6.07, 6.45) is 3.91. The second-order valence-electron chi connectivity index (χ2n) is 7.02.